The van der Waals surface area contributed by atoms with Crippen molar-refractivity contribution in [3.05, 3.63) is 21.4 Å². The number of rotatable bonds is 5. The predicted octanol–water partition coefficient (Wildman–Crippen LogP) is 4.33. The van der Waals surface area contributed by atoms with Crippen molar-refractivity contribution in [2.24, 2.45) is 11.3 Å². The zero-order valence-electron chi connectivity index (χ0n) is 17.1. The Hall–Kier alpha value is -0.880. The lowest BCUT2D eigenvalue weighted by molar-refractivity contribution is 0.0699. The van der Waals surface area contributed by atoms with Crippen LogP contribution in [0.15, 0.2) is 6.07 Å². The van der Waals surface area contributed by atoms with Crippen molar-refractivity contribution in [3.8, 4) is 0 Å². The van der Waals surface area contributed by atoms with Gasteiger partial charge in [-0.05, 0) is 55.1 Å². The maximum Gasteiger partial charge on any atom is 0.264 e. The number of carbonyl (C=O) groups excluding carboxylic acids is 1. The summed E-state index contributed by atoms with van der Waals surface area (Å²) >= 11 is 1.64. The summed E-state index contributed by atoms with van der Waals surface area (Å²) in [5, 5.41) is 0. The maximum atomic E-state index is 13.3. The molecule has 27 heavy (non-hydrogen) atoms. The van der Waals surface area contributed by atoms with Gasteiger partial charge in [0.15, 0.2) is 9.84 Å². The molecule has 0 bridgehead atoms. The first-order valence-electron chi connectivity index (χ1n) is 10.2. The molecule has 1 aromatic heterocycles. The predicted molar refractivity (Wildman–Crippen MR) is 112 cm³/mol. The molecule has 1 amide bonds. The molecule has 1 fully saturated rings. The minimum Gasteiger partial charge on any atom is -0.334 e. The second-order valence-corrected chi connectivity index (χ2v) is 12.6. The maximum absolute atomic E-state index is 13.3. The molecule has 1 aliphatic heterocycles. The minimum absolute atomic E-state index is 0.0391. The first-order chi connectivity index (χ1) is 12.6. The smallest absolute Gasteiger partial charge is 0.264 e. The molecule has 6 heteroatoms. The van der Waals surface area contributed by atoms with Crippen LogP contribution in [0.1, 0.15) is 73.5 Å². The second kappa shape index (κ2) is 7.86. The van der Waals surface area contributed by atoms with E-state index >= 15 is 0 Å². The van der Waals surface area contributed by atoms with Crippen LogP contribution in [0.3, 0.4) is 0 Å². The Morgan fingerprint density at radius 2 is 2.04 bits per heavy atom. The highest BCUT2D eigenvalue weighted by Crippen LogP contribution is 2.40. The Morgan fingerprint density at radius 1 is 1.30 bits per heavy atom. The number of hydrogen-bond acceptors (Lipinski definition) is 4. The van der Waals surface area contributed by atoms with Gasteiger partial charge in [0.05, 0.1) is 16.4 Å². The Balaban J connectivity index is 1.80. The molecule has 2 atom stereocenters. The van der Waals surface area contributed by atoms with Gasteiger partial charge in [0.25, 0.3) is 5.91 Å². The third-order valence-electron chi connectivity index (χ3n) is 6.18. The molecule has 4 nitrogen and oxygen atoms in total. The van der Waals surface area contributed by atoms with Gasteiger partial charge in [0.1, 0.15) is 0 Å². The van der Waals surface area contributed by atoms with E-state index in [0.717, 1.165) is 30.6 Å². The highest BCUT2D eigenvalue weighted by molar-refractivity contribution is 7.91. The van der Waals surface area contributed by atoms with E-state index in [4.69, 9.17) is 0 Å². The van der Waals surface area contributed by atoms with Crippen LogP contribution in [0.25, 0.3) is 0 Å². The zero-order valence-corrected chi connectivity index (χ0v) is 18.7. The summed E-state index contributed by atoms with van der Waals surface area (Å²) in [5.74, 6) is 1.03. The third kappa shape index (κ3) is 4.76. The lowest BCUT2D eigenvalue weighted by atomic mass is 9.72. The number of fused-ring (bicyclic) bond motifs is 1. The van der Waals surface area contributed by atoms with Gasteiger partial charge in [0, 0.05) is 17.5 Å². The summed E-state index contributed by atoms with van der Waals surface area (Å²) in [5.41, 5.74) is 1.62. The minimum atomic E-state index is -3.00. The van der Waals surface area contributed by atoms with Crippen molar-refractivity contribution in [2.75, 3.05) is 18.1 Å². The fraction of sp³-hybridized carbons (Fsp3) is 0.762. The summed E-state index contributed by atoms with van der Waals surface area (Å²) < 4.78 is 23.9. The van der Waals surface area contributed by atoms with Gasteiger partial charge in [-0.1, -0.05) is 34.1 Å². The van der Waals surface area contributed by atoms with E-state index in [0.29, 0.717) is 18.9 Å². The Kier molecular flexibility index (Phi) is 6.07. The number of sulfone groups is 1. The number of nitrogens with zero attached hydrogens (tertiary/aromatic N) is 1. The summed E-state index contributed by atoms with van der Waals surface area (Å²) in [7, 11) is -3.00. The fourth-order valence-electron chi connectivity index (χ4n) is 4.31. The van der Waals surface area contributed by atoms with Crippen LogP contribution in [0, 0.1) is 11.3 Å². The molecule has 2 unspecified atom stereocenters. The molecular weight excluding hydrogens is 378 g/mol. The van der Waals surface area contributed by atoms with Crippen LogP contribution in [-0.4, -0.2) is 43.3 Å². The van der Waals surface area contributed by atoms with Crippen molar-refractivity contribution >= 4 is 27.1 Å². The zero-order chi connectivity index (χ0) is 19.8. The van der Waals surface area contributed by atoms with Crippen molar-refractivity contribution < 1.29 is 13.2 Å². The summed E-state index contributed by atoms with van der Waals surface area (Å²) in [6.45, 7) is 9.66. The number of thiophene rings is 1. The number of unbranched alkanes of at least 4 members (excludes halogenated alkanes) is 1. The summed E-state index contributed by atoms with van der Waals surface area (Å²) in [4.78, 5) is 17.3. The average Bonchev–Trinajstić information content (AvgIpc) is 3.16. The highest BCUT2D eigenvalue weighted by atomic mass is 32.2. The van der Waals surface area contributed by atoms with Gasteiger partial charge in [-0.25, -0.2) is 8.42 Å². The third-order valence-corrected chi connectivity index (χ3v) is 9.16. The van der Waals surface area contributed by atoms with Gasteiger partial charge in [-0.3, -0.25) is 4.79 Å². The lowest BCUT2D eigenvalue weighted by Gasteiger charge is -2.33. The van der Waals surface area contributed by atoms with Gasteiger partial charge in [0.2, 0.25) is 0 Å². The second-order valence-electron chi connectivity index (χ2n) is 9.27. The number of amides is 1. The van der Waals surface area contributed by atoms with Crippen molar-refractivity contribution in [1.29, 1.82) is 0 Å². The standard InChI is InChI=1S/C21H33NO3S2/c1-5-6-10-22(17-9-11-27(24,25)14-17)20(23)19-13-15-12-16(21(2,3)4)7-8-18(15)26-19/h13,16-17H,5-12,14H2,1-4H3. The van der Waals surface area contributed by atoms with Crippen LogP contribution in [0.5, 0.6) is 0 Å². The molecule has 152 valence electrons. The van der Waals surface area contributed by atoms with Gasteiger partial charge < -0.3 is 4.90 Å². The molecular formula is C21H33NO3S2. The molecule has 1 saturated heterocycles. The normalized spacial score (nSPS) is 24.6. The van der Waals surface area contributed by atoms with Crippen LogP contribution < -0.4 is 0 Å². The Morgan fingerprint density at radius 3 is 2.63 bits per heavy atom. The van der Waals surface area contributed by atoms with E-state index in [1.807, 2.05) is 4.90 Å². The number of aryl methyl sites for hydroxylation is 1. The van der Waals surface area contributed by atoms with Crippen LogP contribution in [0.2, 0.25) is 0 Å². The molecule has 2 heterocycles. The van der Waals surface area contributed by atoms with E-state index < -0.39 is 9.84 Å². The first kappa shape index (κ1) is 20.8. The lowest BCUT2D eigenvalue weighted by Crippen LogP contribution is -2.41. The van der Waals surface area contributed by atoms with E-state index in [9.17, 15) is 13.2 Å². The molecule has 3 rings (SSSR count). The first-order valence-corrected chi connectivity index (χ1v) is 12.9. The molecule has 0 radical (unpaired) electrons. The van der Waals surface area contributed by atoms with Gasteiger partial charge in [-0.2, -0.15) is 0 Å². The summed E-state index contributed by atoms with van der Waals surface area (Å²) in [6.07, 6.45) is 5.79. The quantitative estimate of drug-likeness (QED) is 0.725. The molecule has 1 aromatic rings. The molecule has 0 N–H and O–H groups in total. The van der Waals surface area contributed by atoms with E-state index in [-0.39, 0.29) is 28.9 Å². The van der Waals surface area contributed by atoms with Crippen molar-refractivity contribution in [2.45, 2.75) is 72.3 Å². The largest absolute Gasteiger partial charge is 0.334 e. The van der Waals surface area contributed by atoms with Crippen LogP contribution in [-0.2, 0) is 22.7 Å². The molecule has 1 aliphatic carbocycles. The van der Waals surface area contributed by atoms with Crippen LogP contribution >= 0.6 is 11.3 Å². The molecule has 0 spiro atoms. The van der Waals surface area contributed by atoms with Gasteiger partial charge >= 0.3 is 0 Å². The monoisotopic (exact) mass is 411 g/mol. The fourth-order valence-corrected chi connectivity index (χ4v) is 7.20. The Labute approximate surface area is 168 Å². The van der Waals surface area contributed by atoms with E-state index in [1.165, 1.54) is 16.9 Å². The number of carbonyl (C=O) groups is 1. The highest BCUT2D eigenvalue weighted by Gasteiger charge is 2.36. The summed E-state index contributed by atoms with van der Waals surface area (Å²) in [6, 6.07) is 1.94. The van der Waals surface area contributed by atoms with Gasteiger partial charge in [-0.15, -0.1) is 11.3 Å². The van der Waals surface area contributed by atoms with Crippen molar-refractivity contribution in [3.63, 3.8) is 0 Å². The van der Waals surface area contributed by atoms with Crippen LogP contribution in [0.4, 0.5) is 0 Å². The Bertz CT molecular complexity index is 789. The molecule has 0 aromatic carbocycles. The average molecular weight is 412 g/mol. The van der Waals surface area contributed by atoms with Crippen molar-refractivity contribution in [1.82, 2.24) is 4.90 Å². The topological polar surface area (TPSA) is 54.5 Å². The SMILES string of the molecule is CCCCN(C(=O)c1cc2c(s1)CCC(C(C)(C)C)C2)C1CCS(=O)(=O)C1. The molecule has 0 saturated carbocycles. The van der Waals surface area contributed by atoms with E-state index in [1.54, 1.807) is 11.3 Å². The molecule has 2 aliphatic rings. The number of hydrogen-bond donors (Lipinski definition) is 0. The van der Waals surface area contributed by atoms with E-state index in [2.05, 4.69) is 33.8 Å².